The Bertz CT molecular complexity index is 936. The molecule has 0 aliphatic carbocycles. The van der Waals surface area contributed by atoms with Gasteiger partial charge in [0.1, 0.15) is 5.76 Å². The van der Waals surface area contributed by atoms with Gasteiger partial charge in [0.05, 0.1) is 12.0 Å². The average Bonchev–Trinajstić information content (AvgIpc) is 2.70. The van der Waals surface area contributed by atoms with Crippen LogP contribution in [0.15, 0.2) is 59.0 Å². The van der Waals surface area contributed by atoms with E-state index >= 15 is 0 Å². The zero-order chi connectivity index (χ0) is 22.5. The van der Waals surface area contributed by atoms with Crippen molar-refractivity contribution < 1.29 is 28.2 Å². The number of hydrogen-bond acceptors (Lipinski definition) is 4. The first kappa shape index (κ1) is 23.5. The lowest BCUT2D eigenvalue weighted by atomic mass is 9.98. The highest BCUT2D eigenvalue weighted by Gasteiger charge is 2.30. The maximum atomic E-state index is 12.7. The highest BCUT2D eigenvalue weighted by atomic mass is 32.2. The topological polar surface area (TPSA) is 81.4 Å². The number of carboxylic acid groups (broad SMARTS) is 1. The lowest BCUT2D eigenvalue weighted by Crippen LogP contribution is -2.06. The molecule has 3 N–H and O–H groups in total. The van der Waals surface area contributed by atoms with Crippen molar-refractivity contribution in [2.75, 3.05) is 5.75 Å². The molecule has 0 fully saturated rings. The SMILES string of the molecule is C/C(C(=N)CSc1ccc([C@@H](C)CC(=O)O)cc1)=C(/O)c1ccc(C(F)(F)F)cc1. The highest BCUT2D eigenvalue weighted by Crippen LogP contribution is 2.30. The van der Waals surface area contributed by atoms with Crippen LogP contribution in [0.3, 0.4) is 0 Å². The number of rotatable bonds is 8. The van der Waals surface area contributed by atoms with E-state index in [-0.39, 0.29) is 40.7 Å². The molecule has 1 atom stereocenters. The summed E-state index contributed by atoms with van der Waals surface area (Å²) in [5.41, 5.74) is 0.762. The Morgan fingerprint density at radius 3 is 2.13 bits per heavy atom. The van der Waals surface area contributed by atoms with Crippen LogP contribution < -0.4 is 0 Å². The van der Waals surface area contributed by atoms with E-state index in [1.54, 1.807) is 6.92 Å². The largest absolute Gasteiger partial charge is 0.507 e. The Morgan fingerprint density at radius 2 is 1.63 bits per heavy atom. The third-order valence-electron chi connectivity index (χ3n) is 4.61. The molecular formula is C22H22F3NO3S. The maximum Gasteiger partial charge on any atom is 0.416 e. The van der Waals surface area contributed by atoms with Crippen LogP contribution in [-0.4, -0.2) is 27.6 Å². The molecule has 30 heavy (non-hydrogen) atoms. The number of thioether (sulfide) groups is 1. The molecule has 0 aliphatic rings. The van der Waals surface area contributed by atoms with E-state index in [1.165, 1.54) is 23.9 Å². The van der Waals surface area contributed by atoms with E-state index in [4.69, 9.17) is 10.5 Å². The molecule has 2 aromatic carbocycles. The molecule has 0 aliphatic heterocycles. The van der Waals surface area contributed by atoms with Gasteiger partial charge in [0.2, 0.25) is 0 Å². The smallest absolute Gasteiger partial charge is 0.416 e. The van der Waals surface area contributed by atoms with E-state index < -0.39 is 17.7 Å². The van der Waals surface area contributed by atoms with Crippen molar-refractivity contribution in [2.45, 2.75) is 37.3 Å². The van der Waals surface area contributed by atoms with Gasteiger partial charge in [-0.25, -0.2) is 0 Å². The molecule has 0 heterocycles. The Balaban J connectivity index is 2.02. The lowest BCUT2D eigenvalue weighted by molar-refractivity contribution is -0.138. The molecule has 0 bridgehead atoms. The summed E-state index contributed by atoms with van der Waals surface area (Å²) in [4.78, 5) is 11.7. The number of carbonyl (C=O) groups is 1. The lowest BCUT2D eigenvalue weighted by Gasteiger charge is -2.11. The van der Waals surface area contributed by atoms with Gasteiger partial charge in [-0.05, 0) is 42.7 Å². The summed E-state index contributed by atoms with van der Waals surface area (Å²) in [5, 5.41) is 27.4. The van der Waals surface area contributed by atoms with Gasteiger partial charge in [0.15, 0.2) is 0 Å². The fourth-order valence-corrected chi connectivity index (χ4v) is 3.57. The molecule has 0 saturated heterocycles. The van der Waals surface area contributed by atoms with Crippen LogP contribution in [-0.2, 0) is 11.0 Å². The normalized spacial score (nSPS) is 13.5. The van der Waals surface area contributed by atoms with Gasteiger partial charge in [0, 0.05) is 27.5 Å². The number of aliphatic carboxylic acids is 1. The summed E-state index contributed by atoms with van der Waals surface area (Å²) in [6, 6.07) is 11.5. The summed E-state index contributed by atoms with van der Waals surface area (Å²) in [7, 11) is 0. The third kappa shape index (κ3) is 6.38. The van der Waals surface area contributed by atoms with Gasteiger partial charge in [-0.1, -0.05) is 31.2 Å². The molecule has 0 spiro atoms. The van der Waals surface area contributed by atoms with Crippen LogP contribution in [0.2, 0.25) is 0 Å². The minimum Gasteiger partial charge on any atom is -0.507 e. The number of aliphatic hydroxyl groups is 1. The Hall–Kier alpha value is -2.74. The monoisotopic (exact) mass is 437 g/mol. The van der Waals surface area contributed by atoms with E-state index in [0.29, 0.717) is 0 Å². The van der Waals surface area contributed by atoms with Crippen molar-refractivity contribution in [1.29, 1.82) is 5.41 Å². The third-order valence-corrected chi connectivity index (χ3v) is 5.65. The summed E-state index contributed by atoms with van der Waals surface area (Å²) in [6.07, 6.45) is -4.40. The molecule has 4 nitrogen and oxygen atoms in total. The number of nitrogens with one attached hydrogen (secondary N) is 1. The van der Waals surface area contributed by atoms with Crippen LogP contribution >= 0.6 is 11.8 Å². The average molecular weight is 437 g/mol. The quantitative estimate of drug-likeness (QED) is 0.254. The summed E-state index contributed by atoms with van der Waals surface area (Å²) in [5.74, 6) is -0.928. The van der Waals surface area contributed by atoms with Crippen molar-refractivity contribution in [3.63, 3.8) is 0 Å². The number of benzene rings is 2. The summed E-state index contributed by atoms with van der Waals surface area (Å²) in [6.45, 7) is 3.39. The van der Waals surface area contributed by atoms with Crippen LogP contribution in [0.5, 0.6) is 0 Å². The first-order valence-electron chi connectivity index (χ1n) is 9.09. The standard InChI is InChI=1S/C22H22F3NO3S/c1-13(11-20(27)28)15-5-9-18(10-6-15)30-12-19(26)14(2)21(29)16-3-7-17(8-4-16)22(23,24)25/h3-10,13,26,29H,11-12H2,1-2H3,(H,27,28)/b21-14-,26-19?/t13-/m0/s1. The second kappa shape index (κ2) is 9.84. The summed E-state index contributed by atoms with van der Waals surface area (Å²) >= 11 is 1.37. The Labute approximate surface area is 177 Å². The van der Waals surface area contributed by atoms with Crippen molar-refractivity contribution in [3.05, 3.63) is 70.8 Å². The van der Waals surface area contributed by atoms with Crippen LogP contribution in [0.25, 0.3) is 5.76 Å². The fourth-order valence-electron chi connectivity index (χ4n) is 2.71. The van der Waals surface area contributed by atoms with E-state index in [2.05, 4.69) is 0 Å². The first-order chi connectivity index (χ1) is 14.0. The van der Waals surface area contributed by atoms with Crippen LogP contribution in [0.4, 0.5) is 13.2 Å². The van der Waals surface area contributed by atoms with Gasteiger partial charge in [-0.3, -0.25) is 4.79 Å². The zero-order valence-electron chi connectivity index (χ0n) is 16.5. The molecule has 0 saturated carbocycles. The molecule has 0 radical (unpaired) electrons. The van der Waals surface area contributed by atoms with Crippen molar-refractivity contribution >= 4 is 29.2 Å². The van der Waals surface area contributed by atoms with Gasteiger partial charge in [0.25, 0.3) is 0 Å². The minimum absolute atomic E-state index is 0.0460. The molecule has 8 heteroatoms. The number of alkyl halides is 3. The van der Waals surface area contributed by atoms with E-state index in [0.717, 1.165) is 22.6 Å². The minimum atomic E-state index is -4.45. The fraction of sp³-hybridized carbons (Fsp3) is 0.273. The van der Waals surface area contributed by atoms with Gasteiger partial charge in [-0.15, -0.1) is 11.8 Å². The molecular weight excluding hydrogens is 415 g/mol. The Kier molecular flexibility index (Phi) is 7.72. The summed E-state index contributed by atoms with van der Waals surface area (Å²) < 4.78 is 38.0. The Morgan fingerprint density at radius 1 is 1.07 bits per heavy atom. The van der Waals surface area contributed by atoms with Crippen molar-refractivity contribution in [2.24, 2.45) is 0 Å². The van der Waals surface area contributed by atoms with Crippen LogP contribution in [0, 0.1) is 5.41 Å². The van der Waals surface area contributed by atoms with E-state index in [9.17, 15) is 23.1 Å². The molecule has 0 unspecified atom stereocenters. The molecule has 2 aromatic rings. The molecule has 0 aromatic heterocycles. The maximum absolute atomic E-state index is 12.7. The second-order valence-electron chi connectivity index (χ2n) is 6.88. The highest BCUT2D eigenvalue weighted by molar-refractivity contribution is 8.00. The van der Waals surface area contributed by atoms with E-state index in [1.807, 2.05) is 31.2 Å². The van der Waals surface area contributed by atoms with Crippen molar-refractivity contribution in [3.8, 4) is 0 Å². The molecule has 160 valence electrons. The van der Waals surface area contributed by atoms with Gasteiger partial charge >= 0.3 is 12.1 Å². The molecule has 0 amide bonds. The first-order valence-corrected chi connectivity index (χ1v) is 10.1. The number of carboxylic acids is 1. The number of allylic oxidation sites excluding steroid dienone is 1. The van der Waals surface area contributed by atoms with Crippen LogP contribution in [0.1, 0.15) is 42.9 Å². The molecule has 2 rings (SSSR count). The second-order valence-corrected chi connectivity index (χ2v) is 7.93. The number of hydrogen-bond donors (Lipinski definition) is 3. The number of aliphatic hydroxyl groups excluding tert-OH is 1. The van der Waals surface area contributed by atoms with Gasteiger partial charge < -0.3 is 15.6 Å². The van der Waals surface area contributed by atoms with Gasteiger partial charge in [-0.2, -0.15) is 13.2 Å². The predicted molar refractivity (Wildman–Crippen MR) is 112 cm³/mol. The predicted octanol–water partition coefficient (Wildman–Crippen LogP) is 6.38. The van der Waals surface area contributed by atoms with Crippen molar-refractivity contribution in [1.82, 2.24) is 0 Å². The zero-order valence-corrected chi connectivity index (χ0v) is 17.3. The number of halogens is 3.